The Morgan fingerprint density at radius 3 is 2.03 bits per heavy atom. The quantitative estimate of drug-likeness (QED) is 0.677. The number of rotatable bonds is 7. The first-order valence-corrected chi connectivity index (χ1v) is 13.2. The number of nitrogens with zero attached hydrogens (tertiary/aromatic N) is 2. The number of nitrogens with one attached hydrogen (secondary N) is 1. The molecule has 1 N–H and O–H groups in total. The van der Waals surface area contributed by atoms with Crippen molar-refractivity contribution in [2.45, 2.75) is 31.6 Å². The molecule has 3 rings (SSSR count). The minimum Gasteiger partial charge on any atom is -0.325 e. The first-order valence-electron chi connectivity index (χ1n) is 9.94. The zero-order chi connectivity index (χ0) is 22.8. The van der Waals surface area contributed by atoms with Crippen LogP contribution in [0.2, 0.25) is 0 Å². The standard InChI is InChI=1S/C21H27N3O5S2/c1-16-7-6-8-17(2)21(16)24(30(3,26)27)15-20(25)22-18-9-11-19(12-10-18)31(28,29)23-13-4-5-14-23/h6-12H,4-5,13-15H2,1-3H3,(H,22,25). The van der Waals surface area contributed by atoms with Gasteiger partial charge in [0, 0.05) is 18.8 Å². The largest absolute Gasteiger partial charge is 0.325 e. The molecule has 0 spiro atoms. The summed E-state index contributed by atoms with van der Waals surface area (Å²) < 4.78 is 52.5. The molecule has 1 amide bonds. The molecule has 1 saturated heterocycles. The molecule has 0 saturated carbocycles. The van der Waals surface area contributed by atoms with E-state index in [2.05, 4.69) is 5.32 Å². The maximum Gasteiger partial charge on any atom is 0.245 e. The molecule has 10 heteroatoms. The van der Waals surface area contributed by atoms with Crippen LogP contribution in [0.25, 0.3) is 0 Å². The van der Waals surface area contributed by atoms with E-state index in [9.17, 15) is 21.6 Å². The molecule has 2 aromatic carbocycles. The minimum atomic E-state index is -3.70. The molecule has 2 aromatic rings. The highest BCUT2D eigenvalue weighted by Crippen LogP contribution is 2.27. The minimum absolute atomic E-state index is 0.167. The van der Waals surface area contributed by atoms with E-state index in [1.807, 2.05) is 6.07 Å². The van der Waals surface area contributed by atoms with Crippen molar-refractivity contribution in [2.75, 3.05) is 35.5 Å². The van der Waals surface area contributed by atoms with E-state index in [1.165, 1.54) is 28.6 Å². The van der Waals surface area contributed by atoms with E-state index in [0.29, 0.717) is 24.5 Å². The third-order valence-electron chi connectivity index (χ3n) is 5.22. The maximum absolute atomic E-state index is 12.6. The molecule has 0 radical (unpaired) electrons. The number of carbonyl (C=O) groups excluding carboxylic acids is 1. The second-order valence-electron chi connectivity index (χ2n) is 7.69. The number of hydrogen-bond acceptors (Lipinski definition) is 5. The van der Waals surface area contributed by atoms with Crippen molar-refractivity contribution in [3.05, 3.63) is 53.6 Å². The highest BCUT2D eigenvalue weighted by Gasteiger charge is 2.27. The second-order valence-corrected chi connectivity index (χ2v) is 11.5. The van der Waals surface area contributed by atoms with Gasteiger partial charge >= 0.3 is 0 Å². The van der Waals surface area contributed by atoms with Crippen LogP contribution >= 0.6 is 0 Å². The van der Waals surface area contributed by atoms with Crippen molar-refractivity contribution in [1.29, 1.82) is 0 Å². The van der Waals surface area contributed by atoms with Gasteiger partial charge in [0.1, 0.15) is 6.54 Å². The SMILES string of the molecule is Cc1cccc(C)c1N(CC(=O)Nc1ccc(S(=O)(=O)N2CCCC2)cc1)S(C)(=O)=O. The molecule has 1 aliphatic rings. The predicted octanol–water partition coefficient (Wildman–Crippen LogP) is 2.49. The lowest BCUT2D eigenvalue weighted by atomic mass is 10.1. The predicted molar refractivity (Wildman–Crippen MR) is 121 cm³/mol. The van der Waals surface area contributed by atoms with Crippen molar-refractivity contribution >= 4 is 37.3 Å². The zero-order valence-electron chi connectivity index (χ0n) is 17.8. The Labute approximate surface area is 184 Å². The topological polar surface area (TPSA) is 104 Å². The normalized spacial score (nSPS) is 15.1. The van der Waals surface area contributed by atoms with Gasteiger partial charge in [-0.2, -0.15) is 4.31 Å². The van der Waals surface area contributed by atoms with Gasteiger partial charge in [-0.25, -0.2) is 16.8 Å². The average molecular weight is 466 g/mol. The molecule has 1 aliphatic heterocycles. The Kier molecular flexibility index (Phi) is 6.73. The van der Waals surface area contributed by atoms with Crippen molar-refractivity contribution in [3.63, 3.8) is 0 Å². The van der Waals surface area contributed by atoms with Crippen LogP contribution in [0, 0.1) is 13.8 Å². The third kappa shape index (κ3) is 5.25. The van der Waals surface area contributed by atoms with Crippen LogP contribution in [0.15, 0.2) is 47.4 Å². The summed E-state index contributed by atoms with van der Waals surface area (Å²) in [5.41, 5.74) is 2.36. The van der Waals surface area contributed by atoms with E-state index in [1.54, 1.807) is 26.0 Å². The Morgan fingerprint density at radius 2 is 1.52 bits per heavy atom. The van der Waals surface area contributed by atoms with Crippen LogP contribution in [0.3, 0.4) is 0 Å². The molecular formula is C21H27N3O5S2. The zero-order valence-corrected chi connectivity index (χ0v) is 19.5. The molecule has 0 unspecified atom stereocenters. The third-order valence-corrected chi connectivity index (χ3v) is 8.24. The lowest BCUT2D eigenvalue weighted by Gasteiger charge is -2.25. The van der Waals surface area contributed by atoms with Crippen LogP contribution in [0.1, 0.15) is 24.0 Å². The van der Waals surface area contributed by atoms with Crippen molar-refractivity contribution < 1.29 is 21.6 Å². The van der Waals surface area contributed by atoms with Crippen molar-refractivity contribution in [3.8, 4) is 0 Å². The summed E-state index contributed by atoms with van der Waals surface area (Å²) in [6.45, 7) is 4.22. The Bertz CT molecular complexity index is 1150. The van der Waals surface area contributed by atoms with Gasteiger partial charge in [-0.15, -0.1) is 0 Å². The molecule has 8 nitrogen and oxygen atoms in total. The summed E-state index contributed by atoms with van der Waals surface area (Å²) in [5.74, 6) is -0.525. The molecule has 0 aromatic heterocycles. The van der Waals surface area contributed by atoms with Gasteiger partial charge in [-0.05, 0) is 62.1 Å². The number of amides is 1. The van der Waals surface area contributed by atoms with Gasteiger partial charge in [0.05, 0.1) is 16.8 Å². The summed E-state index contributed by atoms with van der Waals surface area (Å²) in [7, 11) is -7.23. The van der Waals surface area contributed by atoms with E-state index >= 15 is 0 Å². The van der Waals surface area contributed by atoms with E-state index in [0.717, 1.165) is 34.5 Å². The first kappa shape index (κ1) is 23.2. The number of aryl methyl sites for hydroxylation is 2. The molecule has 168 valence electrons. The first-order chi connectivity index (χ1) is 14.5. The summed E-state index contributed by atoms with van der Waals surface area (Å²) >= 11 is 0. The lowest BCUT2D eigenvalue weighted by molar-refractivity contribution is -0.114. The van der Waals surface area contributed by atoms with E-state index < -0.39 is 32.5 Å². The highest BCUT2D eigenvalue weighted by atomic mass is 32.2. The van der Waals surface area contributed by atoms with Gasteiger partial charge in [-0.3, -0.25) is 9.10 Å². The molecular weight excluding hydrogens is 438 g/mol. The molecule has 0 bridgehead atoms. The summed E-state index contributed by atoms with van der Waals surface area (Å²) in [4.78, 5) is 12.8. The van der Waals surface area contributed by atoms with E-state index in [4.69, 9.17) is 0 Å². The van der Waals surface area contributed by atoms with Gasteiger partial charge in [-0.1, -0.05) is 18.2 Å². The Morgan fingerprint density at radius 1 is 0.968 bits per heavy atom. The van der Waals surface area contributed by atoms with Crippen molar-refractivity contribution in [1.82, 2.24) is 4.31 Å². The molecule has 1 heterocycles. The van der Waals surface area contributed by atoms with Crippen molar-refractivity contribution in [2.24, 2.45) is 0 Å². The van der Waals surface area contributed by atoms with Gasteiger partial charge in [0.2, 0.25) is 26.0 Å². The molecule has 0 aliphatic carbocycles. The van der Waals surface area contributed by atoms with Crippen LogP contribution in [-0.4, -0.2) is 52.9 Å². The smallest absolute Gasteiger partial charge is 0.245 e. The molecule has 0 atom stereocenters. The fourth-order valence-electron chi connectivity index (χ4n) is 3.68. The highest BCUT2D eigenvalue weighted by molar-refractivity contribution is 7.92. The number of carbonyl (C=O) groups is 1. The second kappa shape index (κ2) is 8.97. The van der Waals surface area contributed by atoms with Gasteiger partial charge in [0.25, 0.3) is 0 Å². The van der Waals surface area contributed by atoms with Crippen LogP contribution in [-0.2, 0) is 24.8 Å². The maximum atomic E-state index is 12.6. The van der Waals surface area contributed by atoms with Crippen LogP contribution in [0.4, 0.5) is 11.4 Å². The summed E-state index contributed by atoms with van der Waals surface area (Å²) in [6.07, 6.45) is 2.76. The van der Waals surface area contributed by atoms with Crippen LogP contribution in [0.5, 0.6) is 0 Å². The fraction of sp³-hybridized carbons (Fsp3) is 0.381. The number of para-hydroxylation sites is 1. The average Bonchev–Trinajstić information content (AvgIpc) is 3.22. The fourth-order valence-corrected chi connectivity index (χ4v) is 6.17. The summed E-state index contributed by atoms with van der Waals surface area (Å²) in [5, 5.41) is 2.65. The number of benzene rings is 2. The number of sulfonamides is 2. The van der Waals surface area contributed by atoms with Crippen LogP contribution < -0.4 is 9.62 Å². The lowest BCUT2D eigenvalue weighted by Crippen LogP contribution is -2.38. The van der Waals surface area contributed by atoms with Gasteiger partial charge < -0.3 is 5.32 Å². The number of hydrogen-bond donors (Lipinski definition) is 1. The van der Waals surface area contributed by atoms with E-state index in [-0.39, 0.29) is 4.90 Å². The molecule has 1 fully saturated rings. The molecule has 31 heavy (non-hydrogen) atoms. The monoisotopic (exact) mass is 465 g/mol. The Balaban J connectivity index is 1.76. The Hall–Kier alpha value is -2.43. The van der Waals surface area contributed by atoms with Gasteiger partial charge in [0.15, 0.2) is 0 Å². The summed E-state index contributed by atoms with van der Waals surface area (Å²) in [6, 6.07) is 11.3. The number of anilines is 2.